The van der Waals surface area contributed by atoms with Crippen molar-refractivity contribution in [2.45, 2.75) is 0 Å². The average molecular weight is 236 g/mol. The van der Waals surface area contributed by atoms with E-state index in [0.717, 1.165) is 0 Å². The van der Waals surface area contributed by atoms with Crippen LogP contribution < -0.4 is 9.46 Å². The first-order chi connectivity index (χ1) is 6.57. The molecule has 0 saturated heterocycles. The zero-order chi connectivity index (χ0) is 10.6. The molecule has 0 amide bonds. The van der Waals surface area contributed by atoms with Crippen molar-refractivity contribution in [2.24, 2.45) is 0 Å². The molecule has 0 unspecified atom stereocenters. The molecular weight excluding hydrogens is 226 g/mol. The highest BCUT2D eigenvalue weighted by Gasteiger charge is 2.07. The van der Waals surface area contributed by atoms with Crippen LogP contribution in [0.1, 0.15) is 0 Å². The summed E-state index contributed by atoms with van der Waals surface area (Å²) in [6, 6.07) is 6.52. The largest absolute Gasteiger partial charge is 0.497 e. The molecule has 0 aliphatic carbocycles. The Morgan fingerprint density at radius 1 is 1.36 bits per heavy atom. The molecule has 0 aromatic heterocycles. The van der Waals surface area contributed by atoms with Crippen molar-refractivity contribution in [3.8, 4) is 5.75 Å². The minimum atomic E-state index is -3.42. The van der Waals surface area contributed by atoms with Crippen molar-refractivity contribution in [3.05, 3.63) is 24.3 Å². The maximum Gasteiger partial charge on any atom is 0.246 e. The summed E-state index contributed by atoms with van der Waals surface area (Å²) in [5.74, 6) is 0.666. The standard InChI is InChI=1S/C8H10ClNO3S/c1-13-8-4-2-7(3-5-8)10-14(11,12)6-9/h2-5,10H,6H2,1H3. The van der Waals surface area contributed by atoms with E-state index in [2.05, 4.69) is 4.72 Å². The van der Waals surface area contributed by atoms with Crippen molar-refractivity contribution in [1.82, 2.24) is 0 Å². The number of halogens is 1. The first-order valence-electron chi connectivity index (χ1n) is 3.78. The summed E-state index contributed by atoms with van der Waals surface area (Å²) in [5.41, 5.74) is 0.464. The van der Waals surface area contributed by atoms with E-state index < -0.39 is 15.2 Å². The second-order valence-corrected chi connectivity index (χ2v) is 4.86. The predicted molar refractivity (Wildman–Crippen MR) is 56.3 cm³/mol. The molecule has 1 rings (SSSR count). The monoisotopic (exact) mass is 235 g/mol. The summed E-state index contributed by atoms with van der Waals surface area (Å²) in [4.78, 5) is 0. The maximum absolute atomic E-state index is 11.0. The Morgan fingerprint density at radius 2 is 1.93 bits per heavy atom. The lowest BCUT2D eigenvalue weighted by Crippen LogP contribution is -2.13. The lowest BCUT2D eigenvalue weighted by atomic mass is 10.3. The van der Waals surface area contributed by atoms with E-state index >= 15 is 0 Å². The van der Waals surface area contributed by atoms with Crippen molar-refractivity contribution < 1.29 is 13.2 Å². The Morgan fingerprint density at radius 3 is 2.36 bits per heavy atom. The van der Waals surface area contributed by atoms with Gasteiger partial charge in [-0.1, -0.05) is 0 Å². The first-order valence-corrected chi connectivity index (χ1v) is 5.96. The minimum Gasteiger partial charge on any atom is -0.497 e. The Balaban J connectivity index is 2.79. The number of nitrogens with one attached hydrogen (secondary N) is 1. The molecule has 0 saturated carbocycles. The highest BCUT2D eigenvalue weighted by atomic mass is 35.5. The molecule has 0 spiro atoms. The van der Waals surface area contributed by atoms with Gasteiger partial charge in [0.05, 0.1) is 7.11 Å². The molecule has 0 radical (unpaired) electrons. The Hall–Kier alpha value is -0.940. The number of benzene rings is 1. The predicted octanol–water partition coefficient (Wildman–Crippen LogP) is 1.63. The maximum atomic E-state index is 11.0. The summed E-state index contributed by atoms with van der Waals surface area (Å²) in [7, 11) is -1.88. The van der Waals surface area contributed by atoms with Crippen LogP contribution in [0.2, 0.25) is 0 Å². The number of ether oxygens (including phenoxy) is 1. The number of hydrogen-bond acceptors (Lipinski definition) is 3. The van der Waals surface area contributed by atoms with E-state index in [4.69, 9.17) is 16.3 Å². The molecule has 0 heterocycles. The summed E-state index contributed by atoms with van der Waals surface area (Å²) in [6.07, 6.45) is 0. The van der Waals surface area contributed by atoms with Gasteiger partial charge in [-0.15, -0.1) is 11.6 Å². The van der Waals surface area contributed by atoms with Crippen molar-refractivity contribution in [1.29, 1.82) is 0 Å². The molecule has 14 heavy (non-hydrogen) atoms. The Bertz CT molecular complexity index is 388. The fourth-order valence-electron chi connectivity index (χ4n) is 0.866. The van der Waals surface area contributed by atoms with E-state index in [0.29, 0.717) is 11.4 Å². The lowest BCUT2D eigenvalue weighted by molar-refractivity contribution is 0.415. The van der Waals surface area contributed by atoms with Gasteiger partial charge in [0, 0.05) is 5.69 Å². The van der Waals surface area contributed by atoms with E-state index in [-0.39, 0.29) is 0 Å². The summed E-state index contributed by atoms with van der Waals surface area (Å²) in [6.45, 7) is 0. The van der Waals surface area contributed by atoms with Crippen LogP contribution >= 0.6 is 11.6 Å². The van der Waals surface area contributed by atoms with Crippen LogP contribution in [0.15, 0.2) is 24.3 Å². The van der Waals surface area contributed by atoms with Crippen molar-refractivity contribution in [3.63, 3.8) is 0 Å². The van der Waals surface area contributed by atoms with E-state index in [1.807, 2.05) is 0 Å². The van der Waals surface area contributed by atoms with Crippen LogP contribution in [0.25, 0.3) is 0 Å². The van der Waals surface area contributed by atoms with Gasteiger partial charge in [-0.25, -0.2) is 8.42 Å². The van der Waals surface area contributed by atoms with E-state index in [1.54, 1.807) is 24.3 Å². The van der Waals surface area contributed by atoms with Gasteiger partial charge in [0.25, 0.3) is 0 Å². The zero-order valence-electron chi connectivity index (χ0n) is 7.53. The van der Waals surface area contributed by atoms with Crippen LogP contribution in [0, 0.1) is 0 Å². The normalized spacial score (nSPS) is 11.0. The molecule has 78 valence electrons. The van der Waals surface area contributed by atoms with Crippen molar-refractivity contribution in [2.75, 3.05) is 17.0 Å². The topological polar surface area (TPSA) is 55.4 Å². The number of sulfonamides is 1. The fourth-order valence-corrected chi connectivity index (χ4v) is 1.58. The summed E-state index contributed by atoms with van der Waals surface area (Å²) >= 11 is 5.23. The number of methoxy groups -OCH3 is 1. The van der Waals surface area contributed by atoms with Gasteiger partial charge in [0.1, 0.15) is 11.0 Å². The molecule has 0 fully saturated rings. The molecule has 0 aliphatic heterocycles. The first kappa shape index (κ1) is 11.1. The third-order valence-corrected chi connectivity index (χ3v) is 3.20. The molecule has 4 nitrogen and oxygen atoms in total. The van der Waals surface area contributed by atoms with Gasteiger partial charge >= 0.3 is 0 Å². The second kappa shape index (κ2) is 4.52. The summed E-state index contributed by atoms with van der Waals surface area (Å²) in [5, 5.41) is -0.459. The second-order valence-electron chi connectivity index (χ2n) is 2.55. The quantitative estimate of drug-likeness (QED) is 0.808. The fraction of sp³-hybridized carbons (Fsp3) is 0.250. The number of anilines is 1. The third-order valence-electron chi connectivity index (χ3n) is 1.51. The molecule has 1 aromatic rings. The van der Waals surface area contributed by atoms with Crippen LogP contribution in [-0.2, 0) is 10.0 Å². The molecule has 6 heteroatoms. The van der Waals surface area contributed by atoms with Gasteiger partial charge in [0.15, 0.2) is 0 Å². The number of rotatable bonds is 4. The SMILES string of the molecule is COc1ccc(NS(=O)(=O)CCl)cc1. The zero-order valence-corrected chi connectivity index (χ0v) is 9.10. The van der Waals surface area contributed by atoms with Gasteiger partial charge in [-0.3, -0.25) is 4.72 Å². The Kier molecular flexibility index (Phi) is 3.60. The lowest BCUT2D eigenvalue weighted by Gasteiger charge is -2.05. The molecule has 1 N–H and O–H groups in total. The number of hydrogen-bond donors (Lipinski definition) is 1. The highest BCUT2D eigenvalue weighted by Crippen LogP contribution is 2.16. The van der Waals surface area contributed by atoms with Gasteiger partial charge in [-0.2, -0.15) is 0 Å². The van der Waals surface area contributed by atoms with Crippen LogP contribution in [0.5, 0.6) is 5.75 Å². The molecular formula is C8H10ClNO3S. The van der Waals surface area contributed by atoms with Gasteiger partial charge < -0.3 is 4.74 Å². The van der Waals surface area contributed by atoms with Crippen molar-refractivity contribution >= 4 is 27.3 Å². The highest BCUT2D eigenvalue weighted by molar-refractivity contribution is 7.93. The third kappa shape index (κ3) is 3.08. The summed E-state index contributed by atoms with van der Waals surface area (Å²) < 4.78 is 29.3. The average Bonchev–Trinajstić information content (AvgIpc) is 2.19. The molecule has 0 aliphatic rings. The minimum absolute atomic E-state index is 0.459. The number of alkyl halides is 1. The van der Waals surface area contributed by atoms with Crippen LogP contribution in [-0.4, -0.2) is 20.7 Å². The smallest absolute Gasteiger partial charge is 0.246 e. The molecule has 0 bridgehead atoms. The van der Waals surface area contributed by atoms with Gasteiger partial charge in [0.2, 0.25) is 10.0 Å². The van der Waals surface area contributed by atoms with E-state index in [9.17, 15) is 8.42 Å². The molecule has 1 aromatic carbocycles. The van der Waals surface area contributed by atoms with Crippen LogP contribution in [0.3, 0.4) is 0 Å². The van der Waals surface area contributed by atoms with Gasteiger partial charge in [-0.05, 0) is 24.3 Å². The van der Waals surface area contributed by atoms with E-state index in [1.165, 1.54) is 7.11 Å². The Labute approximate surface area is 87.9 Å². The van der Waals surface area contributed by atoms with Crippen LogP contribution in [0.4, 0.5) is 5.69 Å². The molecule has 0 atom stereocenters.